The zero-order chi connectivity index (χ0) is 23.8. The van der Waals surface area contributed by atoms with Gasteiger partial charge < -0.3 is 4.90 Å². The molecule has 33 heavy (non-hydrogen) atoms. The second kappa shape index (κ2) is 9.97. The van der Waals surface area contributed by atoms with Crippen molar-refractivity contribution in [1.82, 2.24) is 14.2 Å². The van der Waals surface area contributed by atoms with Gasteiger partial charge in [0.05, 0.1) is 14.6 Å². The molecule has 11 heteroatoms. The standard InChI is InChI=1S/C22H27ClN4O3S3/c1-4-15-7-5-9-17-20(15)24-22(31-17)26(14-13-25(2)3)21(28)16-8-6-12-27(16)33(29,30)19-11-10-18(23)32-19/h5,7,9-11,16H,4,6,8,12-14H2,1-3H3. The Labute approximate surface area is 207 Å². The number of para-hydroxylation sites is 1. The topological polar surface area (TPSA) is 73.8 Å². The summed E-state index contributed by atoms with van der Waals surface area (Å²) in [4.78, 5) is 22.3. The van der Waals surface area contributed by atoms with Crippen LogP contribution in [0.25, 0.3) is 10.2 Å². The van der Waals surface area contributed by atoms with Crippen molar-refractivity contribution in [2.24, 2.45) is 0 Å². The molecule has 1 aromatic carbocycles. The maximum atomic E-state index is 13.8. The fourth-order valence-electron chi connectivity index (χ4n) is 4.00. The zero-order valence-corrected chi connectivity index (χ0v) is 22.0. The lowest BCUT2D eigenvalue weighted by molar-refractivity contribution is -0.121. The lowest BCUT2D eigenvalue weighted by Crippen LogP contribution is -2.49. The smallest absolute Gasteiger partial charge is 0.253 e. The first kappa shape index (κ1) is 24.6. The molecule has 0 spiro atoms. The van der Waals surface area contributed by atoms with E-state index in [4.69, 9.17) is 16.6 Å². The molecule has 3 aromatic rings. The van der Waals surface area contributed by atoms with Crippen LogP contribution in [-0.4, -0.2) is 68.3 Å². The number of anilines is 1. The SMILES string of the molecule is CCc1cccc2sc(N(CCN(C)C)C(=O)C3CCCN3S(=O)(=O)c3ccc(Cl)s3)nc12. The summed E-state index contributed by atoms with van der Waals surface area (Å²) in [6.45, 7) is 3.47. The Morgan fingerprint density at radius 2 is 2.00 bits per heavy atom. The molecule has 2 aromatic heterocycles. The van der Waals surface area contributed by atoms with E-state index in [-0.39, 0.29) is 10.1 Å². The third kappa shape index (κ3) is 4.96. The van der Waals surface area contributed by atoms with Crippen LogP contribution in [0.3, 0.4) is 0 Å². The molecule has 1 unspecified atom stereocenters. The average Bonchev–Trinajstić information content (AvgIpc) is 3.52. The van der Waals surface area contributed by atoms with E-state index in [1.165, 1.54) is 21.7 Å². The summed E-state index contributed by atoms with van der Waals surface area (Å²) >= 11 is 8.48. The number of rotatable bonds is 8. The molecular weight excluding hydrogens is 500 g/mol. The van der Waals surface area contributed by atoms with E-state index >= 15 is 0 Å². The third-order valence-corrected chi connectivity index (χ3v) is 10.4. The number of amides is 1. The maximum Gasteiger partial charge on any atom is 0.253 e. The first-order valence-corrected chi connectivity index (χ1v) is 14.3. The Bertz CT molecular complexity index is 1250. The molecule has 1 atom stereocenters. The van der Waals surface area contributed by atoms with E-state index in [2.05, 4.69) is 13.0 Å². The molecule has 3 heterocycles. The van der Waals surface area contributed by atoms with Crippen molar-refractivity contribution < 1.29 is 13.2 Å². The van der Waals surface area contributed by atoms with Crippen LogP contribution >= 0.6 is 34.3 Å². The predicted molar refractivity (Wildman–Crippen MR) is 136 cm³/mol. The summed E-state index contributed by atoms with van der Waals surface area (Å²) in [5.41, 5.74) is 2.04. The minimum Gasteiger partial charge on any atom is -0.308 e. The highest BCUT2D eigenvalue weighted by atomic mass is 35.5. The molecule has 178 valence electrons. The second-order valence-corrected chi connectivity index (χ2v) is 13.1. The first-order valence-electron chi connectivity index (χ1n) is 10.8. The van der Waals surface area contributed by atoms with Gasteiger partial charge in [0.15, 0.2) is 5.13 Å². The highest BCUT2D eigenvalue weighted by molar-refractivity contribution is 7.91. The highest BCUT2D eigenvalue weighted by Gasteiger charge is 2.42. The largest absolute Gasteiger partial charge is 0.308 e. The van der Waals surface area contributed by atoms with E-state index < -0.39 is 16.1 Å². The van der Waals surface area contributed by atoms with Gasteiger partial charge in [-0.2, -0.15) is 4.31 Å². The van der Waals surface area contributed by atoms with Crippen LogP contribution in [0.4, 0.5) is 5.13 Å². The molecule has 0 saturated carbocycles. The van der Waals surface area contributed by atoms with Crippen molar-refractivity contribution in [3.63, 3.8) is 0 Å². The molecule has 0 bridgehead atoms. The maximum absolute atomic E-state index is 13.8. The van der Waals surface area contributed by atoms with Gasteiger partial charge in [-0.15, -0.1) is 11.3 Å². The fourth-order valence-corrected chi connectivity index (χ4v) is 8.31. The van der Waals surface area contributed by atoms with E-state index in [0.29, 0.717) is 41.9 Å². The Hall–Kier alpha value is -1.56. The molecule has 1 aliphatic heterocycles. The Balaban J connectivity index is 1.69. The number of fused-ring (bicyclic) bond motifs is 1. The number of sulfonamides is 1. The molecule has 1 fully saturated rings. The van der Waals surface area contributed by atoms with E-state index in [9.17, 15) is 13.2 Å². The van der Waals surface area contributed by atoms with Crippen LogP contribution in [-0.2, 0) is 21.2 Å². The number of aryl methyl sites for hydroxylation is 1. The molecule has 4 rings (SSSR count). The van der Waals surface area contributed by atoms with Gasteiger partial charge >= 0.3 is 0 Å². The van der Waals surface area contributed by atoms with Crippen LogP contribution in [0.5, 0.6) is 0 Å². The van der Waals surface area contributed by atoms with Crippen molar-refractivity contribution in [1.29, 1.82) is 0 Å². The molecular formula is C22H27ClN4O3S3. The summed E-state index contributed by atoms with van der Waals surface area (Å²) in [6, 6.07) is 8.39. The van der Waals surface area contributed by atoms with Gasteiger partial charge in [-0.05, 0) is 57.1 Å². The van der Waals surface area contributed by atoms with Gasteiger partial charge in [0.2, 0.25) is 5.91 Å². The lowest BCUT2D eigenvalue weighted by atomic mass is 10.1. The number of carbonyl (C=O) groups excluding carboxylic acids is 1. The van der Waals surface area contributed by atoms with Crippen molar-refractivity contribution in [3.05, 3.63) is 40.2 Å². The van der Waals surface area contributed by atoms with Crippen molar-refractivity contribution >= 4 is 65.6 Å². The summed E-state index contributed by atoms with van der Waals surface area (Å²) < 4.78 is 29.5. The predicted octanol–water partition coefficient (Wildman–Crippen LogP) is 4.32. The van der Waals surface area contributed by atoms with Crippen LogP contribution in [0, 0.1) is 0 Å². The summed E-state index contributed by atoms with van der Waals surface area (Å²) in [5, 5.41) is 0.612. The number of likely N-dealkylation sites (N-methyl/N-ethyl adjacent to an activating group) is 1. The summed E-state index contributed by atoms with van der Waals surface area (Å²) in [7, 11) is 0.0931. The Morgan fingerprint density at radius 3 is 2.67 bits per heavy atom. The van der Waals surface area contributed by atoms with Crippen LogP contribution in [0.15, 0.2) is 34.5 Å². The zero-order valence-electron chi connectivity index (χ0n) is 18.8. The van der Waals surface area contributed by atoms with Gasteiger partial charge in [0, 0.05) is 19.6 Å². The molecule has 0 N–H and O–H groups in total. The van der Waals surface area contributed by atoms with Crippen LogP contribution < -0.4 is 4.90 Å². The number of nitrogens with zero attached hydrogens (tertiary/aromatic N) is 4. The monoisotopic (exact) mass is 526 g/mol. The number of thiazole rings is 1. The number of halogens is 1. The Morgan fingerprint density at radius 1 is 1.21 bits per heavy atom. The van der Waals surface area contributed by atoms with Gasteiger partial charge in [-0.3, -0.25) is 9.69 Å². The molecule has 7 nitrogen and oxygen atoms in total. The number of hydrogen-bond donors (Lipinski definition) is 0. The summed E-state index contributed by atoms with van der Waals surface area (Å²) in [5.74, 6) is -0.224. The van der Waals surface area contributed by atoms with Gasteiger partial charge in [-0.1, -0.05) is 42.0 Å². The quantitative estimate of drug-likeness (QED) is 0.437. The molecule has 1 saturated heterocycles. The fraction of sp³-hybridized carbons (Fsp3) is 0.455. The first-order chi connectivity index (χ1) is 15.7. The lowest BCUT2D eigenvalue weighted by Gasteiger charge is -2.29. The second-order valence-electron chi connectivity index (χ2n) is 8.24. The van der Waals surface area contributed by atoms with Crippen molar-refractivity contribution in [2.45, 2.75) is 36.4 Å². The minimum atomic E-state index is -3.80. The van der Waals surface area contributed by atoms with Gasteiger partial charge in [0.25, 0.3) is 10.0 Å². The normalized spacial score (nSPS) is 17.3. The van der Waals surface area contributed by atoms with E-state index in [0.717, 1.165) is 33.5 Å². The number of hydrogen-bond acceptors (Lipinski definition) is 7. The number of aromatic nitrogens is 1. The molecule has 1 aliphatic rings. The van der Waals surface area contributed by atoms with Crippen molar-refractivity contribution in [2.75, 3.05) is 38.6 Å². The molecule has 0 radical (unpaired) electrons. The third-order valence-electron chi connectivity index (χ3n) is 5.74. The van der Waals surface area contributed by atoms with Gasteiger partial charge in [0.1, 0.15) is 10.3 Å². The van der Waals surface area contributed by atoms with E-state index in [1.54, 1.807) is 11.0 Å². The number of benzene rings is 1. The number of carbonyl (C=O) groups is 1. The molecule has 0 aliphatic carbocycles. The van der Waals surface area contributed by atoms with Gasteiger partial charge in [-0.25, -0.2) is 13.4 Å². The van der Waals surface area contributed by atoms with E-state index in [1.807, 2.05) is 31.1 Å². The Kier molecular flexibility index (Phi) is 7.42. The highest BCUT2D eigenvalue weighted by Crippen LogP contribution is 2.35. The molecule has 1 amide bonds. The minimum absolute atomic E-state index is 0.166. The number of thiophene rings is 1. The van der Waals surface area contributed by atoms with Crippen LogP contribution in [0.1, 0.15) is 25.3 Å². The summed E-state index contributed by atoms with van der Waals surface area (Å²) in [6.07, 6.45) is 1.97. The van der Waals surface area contributed by atoms with Crippen molar-refractivity contribution in [3.8, 4) is 0 Å². The van der Waals surface area contributed by atoms with Crippen LogP contribution in [0.2, 0.25) is 4.34 Å². The average molecular weight is 527 g/mol.